The maximum Gasteiger partial charge on any atom is 0.212 e. The maximum absolute atomic E-state index is 11.9. The second-order valence-electron chi connectivity index (χ2n) is 4.54. The van der Waals surface area contributed by atoms with Crippen molar-refractivity contribution < 1.29 is 8.42 Å². The Bertz CT molecular complexity index is 489. The molecule has 0 fully saturated rings. The van der Waals surface area contributed by atoms with Crippen molar-refractivity contribution in [3.8, 4) is 0 Å². The van der Waals surface area contributed by atoms with E-state index < -0.39 is 10.0 Å². The number of thioether (sulfide) groups is 2. The summed E-state index contributed by atoms with van der Waals surface area (Å²) in [6.07, 6.45) is 2.87. The van der Waals surface area contributed by atoms with Crippen LogP contribution >= 0.6 is 23.5 Å². The number of rotatable bonds is 9. The van der Waals surface area contributed by atoms with Gasteiger partial charge in [0.05, 0.1) is 5.75 Å². The first-order valence-electron chi connectivity index (χ1n) is 6.40. The summed E-state index contributed by atoms with van der Waals surface area (Å²) in [6, 6.07) is 7.44. The third kappa shape index (κ3) is 7.42. The van der Waals surface area contributed by atoms with E-state index in [1.807, 2.05) is 37.4 Å². The molecule has 114 valence electrons. The molecule has 0 radical (unpaired) electrons. The van der Waals surface area contributed by atoms with Crippen LogP contribution in [0, 0.1) is 0 Å². The van der Waals surface area contributed by atoms with E-state index in [4.69, 9.17) is 5.73 Å². The third-order valence-electron chi connectivity index (χ3n) is 2.64. The molecular weight excluding hydrogens is 312 g/mol. The summed E-state index contributed by atoms with van der Waals surface area (Å²) in [6.45, 7) is 1.90. The van der Waals surface area contributed by atoms with E-state index in [9.17, 15) is 8.42 Å². The molecule has 0 aliphatic carbocycles. The quantitative estimate of drug-likeness (QED) is 0.536. The minimum atomic E-state index is -3.19. The Kier molecular flexibility index (Phi) is 7.79. The van der Waals surface area contributed by atoms with Gasteiger partial charge in [0.2, 0.25) is 10.0 Å². The molecule has 4 nitrogen and oxygen atoms in total. The Morgan fingerprint density at radius 3 is 2.50 bits per heavy atom. The van der Waals surface area contributed by atoms with E-state index in [1.54, 1.807) is 11.8 Å². The van der Waals surface area contributed by atoms with Gasteiger partial charge >= 0.3 is 0 Å². The van der Waals surface area contributed by atoms with Crippen LogP contribution in [-0.4, -0.2) is 38.0 Å². The number of nitrogens with two attached hydrogens (primary N) is 1. The van der Waals surface area contributed by atoms with Gasteiger partial charge in [0.25, 0.3) is 0 Å². The largest absolute Gasteiger partial charge is 0.399 e. The monoisotopic (exact) mass is 334 g/mol. The maximum atomic E-state index is 11.9. The fourth-order valence-corrected chi connectivity index (χ4v) is 4.77. The van der Waals surface area contributed by atoms with Crippen molar-refractivity contribution in [1.82, 2.24) is 4.72 Å². The molecule has 1 rings (SSSR count). The van der Waals surface area contributed by atoms with Crippen LogP contribution in [0.1, 0.15) is 13.3 Å². The van der Waals surface area contributed by atoms with Gasteiger partial charge in [-0.1, -0.05) is 0 Å². The molecule has 0 bridgehead atoms. The lowest BCUT2D eigenvalue weighted by Gasteiger charge is -2.13. The number of sulfonamides is 1. The highest BCUT2D eigenvalue weighted by atomic mass is 32.2. The van der Waals surface area contributed by atoms with E-state index in [1.165, 1.54) is 11.8 Å². The van der Waals surface area contributed by atoms with Gasteiger partial charge in [0, 0.05) is 22.4 Å². The molecule has 1 aromatic rings. The molecule has 3 N–H and O–H groups in total. The zero-order chi connectivity index (χ0) is 15.0. The summed E-state index contributed by atoms with van der Waals surface area (Å²) >= 11 is 3.25. The Labute approximate surface area is 130 Å². The summed E-state index contributed by atoms with van der Waals surface area (Å²) in [5, 5.41) is 0. The van der Waals surface area contributed by atoms with Gasteiger partial charge in [0.1, 0.15) is 0 Å². The van der Waals surface area contributed by atoms with Crippen molar-refractivity contribution in [3.05, 3.63) is 24.3 Å². The highest BCUT2D eigenvalue weighted by molar-refractivity contribution is 8.00. The lowest BCUT2D eigenvalue weighted by molar-refractivity contribution is 0.558. The van der Waals surface area contributed by atoms with Crippen molar-refractivity contribution >= 4 is 39.2 Å². The van der Waals surface area contributed by atoms with Crippen molar-refractivity contribution in [1.29, 1.82) is 0 Å². The zero-order valence-electron chi connectivity index (χ0n) is 11.8. The van der Waals surface area contributed by atoms with Crippen molar-refractivity contribution in [3.63, 3.8) is 0 Å². The summed E-state index contributed by atoms with van der Waals surface area (Å²) in [7, 11) is -3.19. The van der Waals surface area contributed by atoms with Crippen molar-refractivity contribution in [2.24, 2.45) is 0 Å². The fourth-order valence-electron chi connectivity index (χ4n) is 1.55. The Morgan fingerprint density at radius 2 is 1.90 bits per heavy atom. The highest BCUT2D eigenvalue weighted by Crippen LogP contribution is 2.19. The Balaban J connectivity index is 2.34. The van der Waals surface area contributed by atoms with Gasteiger partial charge in [-0.3, -0.25) is 0 Å². The molecule has 0 saturated carbocycles. The molecule has 20 heavy (non-hydrogen) atoms. The van der Waals surface area contributed by atoms with Crippen LogP contribution in [0.2, 0.25) is 0 Å². The fraction of sp³-hybridized carbons (Fsp3) is 0.538. The first-order valence-corrected chi connectivity index (χ1v) is 10.4. The average molecular weight is 335 g/mol. The summed E-state index contributed by atoms with van der Waals surface area (Å²) in [5.74, 6) is 1.63. The average Bonchev–Trinajstić information content (AvgIpc) is 2.38. The molecule has 0 heterocycles. The molecule has 0 aliphatic heterocycles. The summed E-state index contributed by atoms with van der Waals surface area (Å²) in [5.41, 5.74) is 6.32. The second-order valence-corrected chi connectivity index (χ2v) is 8.56. The van der Waals surface area contributed by atoms with E-state index in [0.29, 0.717) is 11.4 Å². The first kappa shape index (κ1) is 17.7. The van der Waals surface area contributed by atoms with Crippen LogP contribution in [0.15, 0.2) is 29.2 Å². The normalized spacial score (nSPS) is 13.3. The number of hydrogen-bond donors (Lipinski definition) is 2. The number of benzene rings is 1. The molecule has 0 aromatic heterocycles. The van der Waals surface area contributed by atoms with Gasteiger partial charge in [-0.15, -0.1) is 11.8 Å². The number of nitrogen functional groups attached to an aromatic ring is 1. The van der Waals surface area contributed by atoms with E-state index >= 15 is 0 Å². The van der Waals surface area contributed by atoms with Crippen LogP contribution < -0.4 is 10.5 Å². The highest BCUT2D eigenvalue weighted by Gasteiger charge is 2.14. The topological polar surface area (TPSA) is 72.2 Å². The minimum absolute atomic E-state index is 0.00558. The van der Waals surface area contributed by atoms with Crippen LogP contribution in [0.3, 0.4) is 0 Å². The second kappa shape index (κ2) is 8.81. The minimum Gasteiger partial charge on any atom is -0.399 e. The molecule has 0 spiro atoms. The summed E-state index contributed by atoms with van der Waals surface area (Å²) in [4.78, 5) is 1.03. The molecule has 0 amide bonds. The van der Waals surface area contributed by atoms with Gasteiger partial charge in [-0.05, 0) is 49.6 Å². The number of nitrogens with one attached hydrogen (secondary N) is 1. The van der Waals surface area contributed by atoms with Gasteiger partial charge in [0.15, 0.2) is 0 Å². The predicted octanol–water partition coefficient (Wildman–Crippen LogP) is 2.42. The molecular formula is C13H22N2O2S3. The molecule has 0 saturated heterocycles. The molecule has 0 aliphatic rings. The smallest absolute Gasteiger partial charge is 0.212 e. The van der Waals surface area contributed by atoms with Gasteiger partial charge in [-0.25, -0.2) is 13.1 Å². The van der Waals surface area contributed by atoms with Crippen LogP contribution in [0.5, 0.6) is 0 Å². The predicted molar refractivity (Wildman–Crippen MR) is 91.0 cm³/mol. The lowest BCUT2D eigenvalue weighted by atomic mass is 10.3. The standard InChI is InChI=1S/C13H22N2O2S3/c1-11(7-8-18-2)15-20(16,17)10-9-19-13-5-3-12(14)4-6-13/h3-6,11,15H,7-10,14H2,1-2H3. The molecule has 7 heteroatoms. The Hall–Kier alpha value is -0.370. The van der Waals surface area contributed by atoms with Crippen molar-refractivity contribution in [2.45, 2.75) is 24.3 Å². The lowest BCUT2D eigenvalue weighted by Crippen LogP contribution is -2.35. The molecule has 1 atom stereocenters. The van der Waals surface area contributed by atoms with Gasteiger partial charge < -0.3 is 5.73 Å². The Morgan fingerprint density at radius 1 is 1.25 bits per heavy atom. The molecule has 1 aromatic carbocycles. The van der Waals surface area contributed by atoms with Crippen LogP contribution in [0.25, 0.3) is 0 Å². The van der Waals surface area contributed by atoms with E-state index in [0.717, 1.165) is 17.1 Å². The van der Waals surface area contributed by atoms with Crippen LogP contribution in [-0.2, 0) is 10.0 Å². The zero-order valence-corrected chi connectivity index (χ0v) is 14.3. The van der Waals surface area contributed by atoms with E-state index in [2.05, 4.69) is 4.72 Å². The van der Waals surface area contributed by atoms with Gasteiger partial charge in [-0.2, -0.15) is 11.8 Å². The first-order chi connectivity index (χ1) is 9.43. The van der Waals surface area contributed by atoms with Crippen molar-refractivity contribution in [2.75, 3.05) is 29.2 Å². The molecule has 1 unspecified atom stereocenters. The third-order valence-corrected chi connectivity index (χ3v) is 6.06. The van der Waals surface area contributed by atoms with E-state index in [-0.39, 0.29) is 11.8 Å². The number of hydrogen-bond acceptors (Lipinski definition) is 5. The summed E-state index contributed by atoms with van der Waals surface area (Å²) < 4.78 is 26.5. The SMILES string of the molecule is CSCCC(C)NS(=O)(=O)CCSc1ccc(N)cc1. The van der Waals surface area contributed by atoms with Crippen LogP contribution in [0.4, 0.5) is 5.69 Å². The number of anilines is 1.